The number of aliphatic carboxylic acids is 4. The van der Waals surface area contributed by atoms with Gasteiger partial charge in [0.05, 0.1) is 17.8 Å². The van der Waals surface area contributed by atoms with Gasteiger partial charge >= 0.3 is 23.9 Å². The monoisotopic (exact) mass is 975 g/mol. The lowest BCUT2D eigenvalue weighted by Gasteiger charge is -2.61. The smallest absolute Gasteiger partial charge is 0.312 e. The molecule has 10 heteroatoms. The van der Waals surface area contributed by atoms with Gasteiger partial charge < -0.3 is 31.1 Å². The highest BCUT2D eigenvalue weighted by Gasteiger charge is 2.74. The molecule has 3 unspecified atom stereocenters. The third-order valence-corrected chi connectivity index (χ3v) is 16.6. The third kappa shape index (κ3) is 21.8. The number of carboxylic acids is 4. The van der Waals surface area contributed by atoms with E-state index in [4.69, 9.17) is 0 Å². The molecular weight excluding hydrogens is 865 g/mol. The normalized spacial score (nSPS) is 20.2. The molecule has 0 spiro atoms. The summed E-state index contributed by atoms with van der Waals surface area (Å²) in [5.74, 6) is -9.29. The molecule has 10 nitrogen and oxygen atoms in total. The van der Waals surface area contributed by atoms with Crippen LogP contribution in [0.4, 0.5) is 0 Å². The van der Waals surface area contributed by atoms with Crippen LogP contribution in [0.25, 0.3) is 0 Å². The zero-order valence-electron chi connectivity index (χ0n) is 46.3. The van der Waals surface area contributed by atoms with Crippen LogP contribution in [0.5, 0.6) is 0 Å². The third-order valence-electron chi connectivity index (χ3n) is 16.6. The summed E-state index contributed by atoms with van der Waals surface area (Å²) < 4.78 is 0. The summed E-state index contributed by atoms with van der Waals surface area (Å²) in [6.45, 7) is 17.7. The van der Waals surface area contributed by atoms with Crippen LogP contribution in [0.15, 0.2) is 0 Å². The predicted molar refractivity (Wildman–Crippen MR) is 285 cm³/mol. The Hall–Kier alpha value is -2.20. The summed E-state index contributed by atoms with van der Waals surface area (Å²) >= 11 is 0. The number of hydrogen-bond donors (Lipinski definition) is 6. The van der Waals surface area contributed by atoms with Crippen molar-refractivity contribution in [2.45, 2.75) is 322 Å². The number of hydrogen-bond acceptors (Lipinski definition) is 6. The molecule has 0 aliphatic carbocycles. The lowest BCUT2D eigenvalue weighted by molar-refractivity contribution is -0.215. The second kappa shape index (κ2) is 31.4. The second-order valence-electron chi connectivity index (χ2n) is 25.3. The Morgan fingerprint density at radius 1 is 0.420 bits per heavy atom. The predicted octanol–water partition coefficient (Wildman–Crippen LogP) is 15.9. The summed E-state index contributed by atoms with van der Waals surface area (Å²) in [6, 6.07) is 0. The maximum atomic E-state index is 14.5. The number of nitrogens with one attached hydrogen (secondary N) is 2. The van der Waals surface area contributed by atoms with E-state index in [0.717, 1.165) is 19.3 Å². The number of unbranched alkanes of at least 4 members (excludes halogenated alkanes) is 30. The number of piperidine rings is 2. The van der Waals surface area contributed by atoms with Crippen molar-refractivity contribution in [1.82, 2.24) is 10.6 Å². The summed E-state index contributed by atoms with van der Waals surface area (Å²) in [6.07, 6.45) is 39.8. The number of carbonyl (C=O) groups is 4. The summed E-state index contributed by atoms with van der Waals surface area (Å²) in [4.78, 5) is 55.6. The van der Waals surface area contributed by atoms with Crippen molar-refractivity contribution in [3.05, 3.63) is 0 Å². The van der Waals surface area contributed by atoms with Crippen molar-refractivity contribution in [1.29, 1.82) is 0 Å². The molecule has 3 atom stereocenters. The van der Waals surface area contributed by atoms with Gasteiger partial charge in [0.25, 0.3) is 0 Å². The number of carboxylic acid groups (broad SMARTS) is 4. The van der Waals surface area contributed by atoms with Gasteiger partial charge in [0.1, 0.15) is 5.41 Å². The van der Waals surface area contributed by atoms with Gasteiger partial charge in [0, 0.05) is 22.2 Å². The first-order valence-corrected chi connectivity index (χ1v) is 29.0. The average Bonchev–Trinajstić information content (AvgIpc) is 3.22. The molecular formula is C59H110N2O8. The molecule has 0 amide bonds. The van der Waals surface area contributed by atoms with Crippen molar-refractivity contribution in [3.8, 4) is 0 Å². The highest BCUT2D eigenvalue weighted by atomic mass is 16.4. The Labute approximate surface area is 423 Å². The minimum atomic E-state index is -2.42. The quantitative estimate of drug-likeness (QED) is 0.0324. The zero-order chi connectivity index (χ0) is 51.6. The van der Waals surface area contributed by atoms with Gasteiger partial charge in [-0.15, -0.1) is 0 Å². The van der Waals surface area contributed by atoms with E-state index in [-0.39, 0.29) is 32.1 Å². The molecule has 2 rings (SSSR count). The van der Waals surface area contributed by atoms with E-state index in [1.165, 1.54) is 167 Å². The Morgan fingerprint density at radius 2 is 0.681 bits per heavy atom. The van der Waals surface area contributed by atoms with Gasteiger partial charge in [-0.3, -0.25) is 19.2 Å². The first-order valence-electron chi connectivity index (χ1n) is 29.0. The highest BCUT2D eigenvalue weighted by Crippen LogP contribution is 2.65. The molecule has 0 aromatic heterocycles. The lowest BCUT2D eigenvalue weighted by Crippen LogP contribution is -2.72. The van der Waals surface area contributed by atoms with Crippen LogP contribution < -0.4 is 10.6 Å². The summed E-state index contributed by atoms with van der Waals surface area (Å²) in [5, 5.41) is 52.3. The molecule has 2 heterocycles. The first-order chi connectivity index (χ1) is 32.5. The van der Waals surface area contributed by atoms with Crippen LogP contribution in [0, 0.1) is 28.6 Å². The van der Waals surface area contributed by atoms with Crippen LogP contribution in [-0.2, 0) is 19.2 Å². The fourth-order valence-corrected chi connectivity index (χ4v) is 14.2. The van der Waals surface area contributed by atoms with Gasteiger partial charge in [0.15, 0.2) is 0 Å². The van der Waals surface area contributed by atoms with Crippen LogP contribution in [-0.4, -0.2) is 66.5 Å². The maximum absolute atomic E-state index is 14.5. The first kappa shape index (κ1) is 62.9. The fraction of sp³-hybridized carbons (Fsp3) is 0.932. The van der Waals surface area contributed by atoms with Gasteiger partial charge in [-0.05, 0) is 99.3 Å². The lowest BCUT2D eigenvalue weighted by atomic mass is 9.41. The maximum Gasteiger partial charge on any atom is 0.312 e. The van der Waals surface area contributed by atoms with Crippen molar-refractivity contribution in [2.24, 2.45) is 28.6 Å². The Balaban J connectivity index is 1.82. The molecule has 2 fully saturated rings. The van der Waals surface area contributed by atoms with Crippen LogP contribution in [0.1, 0.15) is 300 Å². The van der Waals surface area contributed by atoms with Crippen molar-refractivity contribution < 1.29 is 39.6 Å². The van der Waals surface area contributed by atoms with E-state index in [9.17, 15) is 39.6 Å². The molecule has 69 heavy (non-hydrogen) atoms. The molecule has 404 valence electrons. The Morgan fingerprint density at radius 3 is 0.913 bits per heavy atom. The van der Waals surface area contributed by atoms with Gasteiger partial charge in [-0.2, -0.15) is 0 Å². The van der Waals surface area contributed by atoms with Gasteiger partial charge in [0.2, 0.25) is 0 Å². The van der Waals surface area contributed by atoms with E-state index in [0.29, 0.717) is 12.8 Å². The molecule has 0 aromatic carbocycles. The molecule has 0 radical (unpaired) electrons. The van der Waals surface area contributed by atoms with E-state index in [1.54, 1.807) is 0 Å². The van der Waals surface area contributed by atoms with Gasteiger partial charge in [-0.1, -0.05) is 206 Å². The van der Waals surface area contributed by atoms with E-state index in [1.807, 2.05) is 55.4 Å². The SMILES string of the molecule is CCCCCCCCCCCCCCCCCCCCCCCCCCCCCCCCCC(C(=O)O)C(C(=O)O)(C1CC(C)(C)NC(C)(C)C1)C(CC(=O)O)(C(=O)O)C1CC(C)(C)NC(C)(C)C1. The molecule has 2 saturated heterocycles. The fourth-order valence-electron chi connectivity index (χ4n) is 14.2. The molecule has 0 bridgehead atoms. The second-order valence-corrected chi connectivity index (χ2v) is 25.3. The topological polar surface area (TPSA) is 173 Å². The van der Waals surface area contributed by atoms with E-state index in [2.05, 4.69) is 17.6 Å². The largest absolute Gasteiger partial charge is 0.481 e. The van der Waals surface area contributed by atoms with Crippen molar-refractivity contribution in [3.63, 3.8) is 0 Å². The highest BCUT2D eigenvalue weighted by molar-refractivity contribution is 5.94. The van der Waals surface area contributed by atoms with Crippen LogP contribution in [0.3, 0.4) is 0 Å². The minimum Gasteiger partial charge on any atom is -0.481 e. The summed E-state index contributed by atoms with van der Waals surface area (Å²) in [7, 11) is 0. The molecule has 0 saturated carbocycles. The minimum absolute atomic E-state index is 0.0294. The van der Waals surface area contributed by atoms with Crippen LogP contribution in [0.2, 0.25) is 0 Å². The van der Waals surface area contributed by atoms with E-state index < -0.39 is 81.0 Å². The van der Waals surface area contributed by atoms with Crippen molar-refractivity contribution >= 4 is 23.9 Å². The number of rotatable bonds is 41. The van der Waals surface area contributed by atoms with E-state index >= 15 is 0 Å². The molecule has 2 aliphatic rings. The molecule has 0 aromatic rings. The average molecular weight is 976 g/mol. The van der Waals surface area contributed by atoms with Crippen molar-refractivity contribution in [2.75, 3.05) is 0 Å². The van der Waals surface area contributed by atoms with Crippen LogP contribution >= 0.6 is 0 Å². The summed E-state index contributed by atoms with van der Waals surface area (Å²) in [5.41, 5.74) is -7.48. The molecule has 6 N–H and O–H groups in total. The Bertz CT molecular complexity index is 1440. The standard InChI is InChI=1S/C59H110N2O8/c1-10-11-12-13-14-15-16-17-18-19-20-21-22-23-24-25-26-27-28-29-30-31-32-33-34-35-36-37-38-39-40-41-49(51(64)65)59(53(68)69,48-44-56(6,7)61-57(8,9)45-48)58(52(66)67,46-50(62)63)47-42-54(2,3)60-55(4,5)43-47/h47-49,60-61H,10-46H2,1-9H3,(H,62,63)(H,64,65)(H,66,67)(H,68,69). The van der Waals surface area contributed by atoms with Gasteiger partial charge in [-0.25, -0.2) is 0 Å². The molecule has 2 aliphatic heterocycles. The Kier molecular flexibility index (Phi) is 28.6. The zero-order valence-corrected chi connectivity index (χ0v) is 46.3.